The fourth-order valence-electron chi connectivity index (χ4n) is 3.08. The number of thioether (sulfide) groups is 1. The molecule has 2 aromatic rings. The molecule has 0 spiro atoms. The van der Waals surface area contributed by atoms with Gasteiger partial charge in [0.15, 0.2) is 5.16 Å². The minimum absolute atomic E-state index is 0.0225. The summed E-state index contributed by atoms with van der Waals surface area (Å²) < 4.78 is 1.77. The van der Waals surface area contributed by atoms with Crippen LogP contribution in [0, 0.1) is 5.92 Å². The third kappa shape index (κ3) is 5.71. The summed E-state index contributed by atoms with van der Waals surface area (Å²) >= 11 is 1.33. The van der Waals surface area contributed by atoms with Crippen molar-refractivity contribution in [1.29, 1.82) is 0 Å². The summed E-state index contributed by atoms with van der Waals surface area (Å²) in [5.41, 5.74) is 0.628. The van der Waals surface area contributed by atoms with E-state index in [-0.39, 0.29) is 22.8 Å². The summed E-state index contributed by atoms with van der Waals surface area (Å²) in [5.74, 6) is 0.549. The molecule has 0 aliphatic carbocycles. The van der Waals surface area contributed by atoms with E-state index in [2.05, 4.69) is 32.7 Å². The molecule has 2 rings (SSSR count). The van der Waals surface area contributed by atoms with E-state index in [0.29, 0.717) is 28.5 Å². The lowest BCUT2D eigenvalue weighted by molar-refractivity contribution is -0.120. The van der Waals surface area contributed by atoms with Gasteiger partial charge in [-0.3, -0.25) is 14.2 Å². The van der Waals surface area contributed by atoms with Gasteiger partial charge in [-0.2, -0.15) is 0 Å². The van der Waals surface area contributed by atoms with Crippen molar-refractivity contribution in [2.45, 2.75) is 63.4 Å². The van der Waals surface area contributed by atoms with Crippen LogP contribution in [0.1, 0.15) is 53.0 Å². The Hall–Kier alpha value is -2.08. The fraction of sp³-hybridized carbons (Fsp3) is 0.500. The van der Waals surface area contributed by atoms with E-state index in [1.165, 1.54) is 11.8 Å². The summed E-state index contributed by atoms with van der Waals surface area (Å²) in [5, 5.41) is 3.66. The number of aromatic nitrogens is 2. The van der Waals surface area contributed by atoms with Crippen LogP contribution < -0.4 is 10.9 Å². The zero-order valence-electron chi connectivity index (χ0n) is 17.3. The van der Waals surface area contributed by atoms with Gasteiger partial charge in [-0.25, -0.2) is 4.98 Å². The Morgan fingerprint density at radius 3 is 2.64 bits per heavy atom. The van der Waals surface area contributed by atoms with E-state index in [1.54, 1.807) is 10.6 Å². The van der Waals surface area contributed by atoms with Gasteiger partial charge in [-0.05, 0) is 38.3 Å². The largest absolute Gasteiger partial charge is 0.352 e. The van der Waals surface area contributed by atoms with E-state index >= 15 is 0 Å². The molecule has 1 N–H and O–H groups in total. The molecule has 0 aliphatic rings. The van der Waals surface area contributed by atoms with E-state index < -0.39 is 0 Å². The zero-order chi connectivity index (χ0) is 20.7. The van der Waals surface area contributed by atoms with Crippen LogP contribution in [-0.2, 0) is 4.79 Å². The van der Waals surface area contributed by atoms with Crippen molar-refractivity contribution < 1.29 is 4.79 Å². The first-order valence-electron chi connectivity index (χ1n) is 9.91. The number of carbonyl (C=O) groups is 1. The zero-order valence-corrected chi connectivity index (χ0v) is 18.1. The molecular weight excluding hydrogens is 370 g/mol. The van der Waals surface area contributed by atoms with Gasteiger partial charge in [-0.15, -0.1) is 6.58 Å². The maximum absolute atomic E-state index is 13.2. The number of nitrogens with zero attached hydrogens (tertiary/aromatic N) is 2. The van der Waals surface area contributed by atoms with Gasteiger partial charge in [0.2, 0.25) is 5.91 Å². The summed E-state index contributed by atoms with van der Waals surface area (Å²) in [7, 11) is 0. The molecule has 0 bridgehead atoms. The molecular formula is C22H31N3O2S. The van der Waals surface area contributed by atoms with Gasteiger partial charge < -0.3 is 5.32 Å². The summed E-state index contributed by atoms with van der Waals surface area (Å²) in [4.78, 5) is 30.2. The SMILES string of the molecule is C=CCNC(=O)[C@@H](C)Sc1nc2ccccc2c(=O)n1[C@H](C)CCCC(C)C. The quantitative estimate of drug-likeness (QED) is 0.360. The molecule has 0 radical (unpaired) electrons. The molecule has 1 amide bonds. The maximum Gasteiger partial charge on any atom is 0.262 e. The van der Waals surface area contributed by atoms with Crippen LogP contribution in [0.3, 0.4) is 0 Å². The Kier molecular flexibility index (Phi) is 8.30. The molecule has 0 unspecified atom stereocenters. The molecule has 1 aromatic heterocycles. The Balaban J connectivity index is 2.37. The number of rotatable bonds is 10. The number of amides is 1. The Labute approximate surface area is 171 Å². The molecule has 1 aromatic carbocycles. The lowest BCUT2D eigenvalue weighted by Gasteiger charge is -2.21. The molecule has 28 heavy (non-hydrogen) atoms. The van der Waals surface area contributed by atoms with Gasteiger partial charge >= 0.3 is 0 Å². The molecule has 6 heteroatoms. The second-order valence-electron chi connectivity index (χ2n) is 7.55. The molecule has 0 fully saturated rings. The first kappa shape index (κ1) is 22.2. The highest BCUT2D eigenvalue weighted by Gasteiger charge is 2.21. The van der Waals surface area contributed by atoms with Crippen molar-refractivity contribution in [3.8, 4) is 0 Å². The van der Waals surface area contributed by atoms with E-state index in [1.807, 2.05) is 31.2 Å². The van der Waals surface area contributed by atoms with Crippen LogP contribution in [0.5, 0.6) is 0 Å². The van der Waals surface area contributed by atoms with Gasteiger partial charge in [0, 0.05) is 12.6 Å². The highest BCUT2D eigenvalue weighted by atomic mass is 32.2. The smallest absolute Gasteiger partial charge is 0.262 e. The van der Waals surface area contributed by atoms with Crippen molar-refractivity contribution in [2.24, 2.45) is 5.92 Å². The first-order chi connectivity index (χ1) is 13.3. The van der Waals surface area contributed by atoms with Gasteiger partial charge in [0.05, 0.1) is 16.2 Å². The summed E-state index contributed by atoms with van der Waals surface area (Å²) in [6.07, 6.45) is 4.74. The van der Waals surface area contributed by atoms with Crippen molar-refractivity contribution in [1.82, 2.24) is 14.9 Å². The molecule has 2 atom stereocenters. The van der Waals surface area contributed by atoms with E-state index in [0.717, 1.165) is 19.3 Å². The lowest BCUT2D eigenvalue weighted by atomic mass is 10.0. The predicted molar refractivity (Wildman–Crippen MR) is 118 cm³/mol. The highest BCUT2D eigenvalue weighted by molar-refractivity contribution is 8.00. The minimum Gasteiger partial charge on any atom is -0.352 e. The number of nitrogens with one attached hydrogen (secondary N) is 1. The molecule has 0 aliphatic heterocycles. The topological polar surface area (TPSA) is 64.0 Å². The second kappa shape index (κ2) is 10.5. The number of para-hydroxylation sites is 1. The Bertz CT molecular complexity index is 876. The number of carbonyl (C=O) groups excluding carboxylic acids is 1. The van der Waals surface area contributed by atoms with Gasteiger partial charge in [0.25, 0.3) is 5.56 Å². The van der Waals surface area contributed by atoms with E-state index in [4.69, 9.17) is 4.98 Å². The Morgan fingerprint density at radius 2 is 1.96 bits per heavy atom. The van der Waals surface area contributed by atoms with Crippen molar-refractivity contribution in [3.63, 3.8) is 0 Å². The highest BCUT2D eigenvalue weighted by Crippen LogP contribution is 2.27. The molecule has 0 saturated heterocycles. The van der Waals surface area contributed by atoms with Gasteiger partial charge in [0.1, 0.15) is 0 Å². The number of benzene rings is 1. The van der Waals surface area contributed by atoms with Crippen molar-refractivity contribution >= 4 is 28.6 Å². The van der Waals surface area contributed by atoms with Crippen LogP contribution in [-0.4, -0.2) is 27.3 Å². The van der Waals surface area contributed by atoms with Crippen LogP contribution in [0.4, 0.5) is 0 Å². The molecule has 1 heterocycles. The average Bonchev–Trinajstić information content (AvgIpc) is 2.65. The summed E-state index contributed by atoms with van der Waals surface area (Å²) in [6, 6.07) is 7.42. The number of hydrogen-bond acceptors (Lipinski definition) is 4. The standard InChI is InChI=1S/C22H31N3O2S/c1-6-14-23-20(26)17(5)28-22-24-19-13-8-7-12-18(19)21(27)25(22)16(4)11-9-10-15(2)3/h6-8,12-13,15-17H,1,9-11,14H2,2-5H3,(H,23,26)/t16-,17-/m1/s1. The molecule has 0 saturated carbocycles. The lowest BCUT2D eigenvalue weighted by Crippen LogP contribution is -2.32. The minimum atomic E-state index is -0.359. The van der Waals surface area contributed by atoms with Crippen molar-refractivity contribution in [3.05, 3.63) is 47.3 Å². The summed E-state index contributed by atoms with van der Waals surface area (Å²) in [6.45, 7) is 12.4. The van der Waals surface area contributed by atoms with Crippen LogP contribution in [0.2, 0.25) is 0 Å². The predicted octanol–water partition coefficient (Wildman–Crippen LogP) is 4.57. The third-order valence-electron chi connectivity index (χ3n) is 4.69. The van der Waals surface area contributed by atoms with Crippen LogP contribution >= 0.6 is 11.8 Å². The van der Waals surface area contributed by atoms with Crippen LogP contribution in [0.15, 0.2) is 46.9 Å². The van der Waals surface area contributed by atoms with E-state index in [9.17, 15) is 9.59 Å². The molecule has 5 nitrogen and oxygen atoms in total. The first-order valence-corrected chi connectivity index (χ1v) is 10.8. The second-order valence-corrected chi connectivity index (χ2v) is 8.86. The maximum atomic E-state index is 13.2. The van der Waals surface area contributed by atoms with Crippen LogP contribution in [0.25, 0.3) is 10.9 Å². The normalized spacial score (nSPS) is 13.5. The molecule has 152 valence electrons. The Morgan fingerprint density at radius 1 is 1.25 bits per heavy atom. The van der Waals surface area contributed by atoms with Gasteiger partial charge in [-0.1, -0.05) is 56.7 Å². The number of fused-ring (bicyclic) bond motifs is 1. The average molecular weight is 402 g/mol. The monoisotopic (exact) mass is 401 g/mol. The number of hydrogen-bond donors (Lipinski definition) is 1. The fourth-order valence-corrected chi connectivity index (χ4v) is 4.11. The van der Waals surface area contributed by atoms with Crippen molar-refractivity contribution in [2.75, 3.05) is 6.54 Å². The third-order valence-corrected chi connectivity index (χ3v) is 5.76.